The van der Waals surface area contributed by atoms with Crippen molar-refractivity contribution in [2.75, 3.05) is 0 Å². The maximum absolute atomic E-state index is 3.96. The van der Waals surface area contributed by atoms with Crippen LogP contribution in [-0.2, 0) is 0 Å². The molecule has 0 heterocycles. The minimum Gasteiger partial charge on any atom is -0.144 e. The van der Waals surface area contributed by atoms with E-state index >= 15 is 0 Å². The van der Waals surface area contributed by atoms with Gasteiger partial charge in [0.25, 0.3) is 0 Å². The predicted octanol–water partition coefficient (Wildman–Crippen LogP) is 0.291. The fraction of sp³-hybridized carbons (Fsp3) is 0.100. The van der Waals surface area contributed by atoms with Gasteiger partial charge >= 0.3 is 37.7 Å². The molecule has 0 aliphatic heterocycles. The van der Waals surface area contributed by atoms with Gasteiger partial charge in [-0.25, -0.2) is 0 Å². The number of benzene rings is 4. The molecule has 3 heteroatoms. The first kappa shape index (κ1) is 29.8. The molecule has 43 heavy (non-hydrogen) atoms. The molecule has 0 nitrogen and oxygen atoms in total. The minimum atomic E-state index is -2.88. The van der Waals surface area contributed by atoms with E-state index in [9.17, 15) is 0 Å². The van der Waals surface area contributed by atoms with Gasteiger partial charge in [0, 0.05) is 0 Å². The van der Waals surface area contributed by atoms with Gasteiger partial charge in [0.1, 0.15) is 0 Å². The van der Waals surface area contributed by atoms with Crippen LogP contribution in [0.2, 0.25) is 0 Å². The van der Waals surface area contributed by atoms with Crippen molar-refractivity contribution in [1.29, 1.82) is 0 Å². The van der Waals surface area contributed by atoms with Crippen molar-refractivity contribution in [3.05, 3.63) is 190 Å². The summed E-state index contributed by atoms with van der Waals surface area (Å²) in [6.07, 6.45) is 25.7. The molecule has 0 bridgehead atoms. The molecule has 4 aliphatic rings. The van der Waals surface area contributed by atoms with Crippen LogP contribution in [-0.4, -0.2) is 8.07 Å². The summed E-state index contributed by atoms with van der Waals surface area (Å²) in [4.78, 5) is 0. The smallest absolute Gasteiger partial charge is 0.144 e. The predicted molar refractivity (Wildman–Crippen MR) is 173 cm³/mol. The molecule has 2 unspecified atom stereocenters. The Hall–Kier alpha value is -3.27. The van der Waals surface area contributed by atoms with Crippen molar-refractivity contribution >= 4 is 28.8 Å². The molecule has 0 spiro atoms. The molecular formula is C40H30Li2Si. The van der Waals surface area contributed by atoms with E-state index in [4.69, 9.17) is 0 Å². The second kappa shape index (κ2) is 11.7. The van der Waals surface area contributed by atoms with E-state index in [1.807, 2.05) is 0 Å². The van der Waals surface area contributed by atoms with Gasteiger partial charge in [0.15, 0.2) is 0 Å². The third kappa shape index (κ3) is 4.42. The van der Waals surface area contributed by atoms with Crippen LogP contribution in [0.4, 0.5) is 0 Å². The molecule has 0 fully saturated rings. The molecule has 4 aliphatic carbocycles. The number of allylic oxidation sites excluding steroid dienone is 10. The molecule has 0 saturated heterocycles. The number of rotatable bonds is 4. The summed E-state index contributed by atoms with van der Waals surface area (Å²) in [5.74, 6) is 0.531. The normalized spacial score (nSPS) is 18.5. The van der Waals surface area contributed by atoms with Crippen molar-refractivity contribution in [3.63, 3.8) is 0 Å². The maximum atomic E-state index is 3.96. The average Bonchev–Trinajstić information content (AvgIpc) is 3.58. The molecule has 0 radical (unpaired) electrons. The van der Waals surface area contributed by atoms with E-state index < -0.39 is 8.07 Å². The Balaban J connectivity index is 0.00000165. The molecule has 0 N–H and O–H groups in total. The van der Waals surface area contributed by atoms with E-state index in [1.54, 1.807) is 0 Å². The van der Waals surface area contributed by atoms with Crippen LogP contribution in [0.1, 0.15) is 45.2 Å². The van der Waals surface area contributed by atoms with Gasteiger partial charge in [-0.2, -0.15) is 0 Å². The van der Waals surface area contributed by atoms with Crippen LogP contribution < -0.4 is 58.5 Å². The second-order valence-corrected chi connectivity index (χ2v) is 15.2. The summed E-state index contributed by atoms with van der Waals surface area (Å²) >= 11 is 0. The zero-order valence-electron chi connectivity index (χ0n) is 25.4. The largest absolute Gasteiger partial charge is 1.00 e. The number of hydrogen-bond donors (Lipinski definition) is 0. The van der Waals surface area contributed by atoms with Crippen molar-refractivity contribution in [1.82, 2.24) is 0 Å². The van der Waals surface area contributed by atoms with Crippen molar-refractivity contribution in [3.8, 4) is 0 Å². The SMILES string of the molecule is Cc1ccc2c(c1[Si](c1ccccc1)(c1ccccc1)c1c(C)ccc3c1[C-]=C1C=CC=CC13)[C-]=C1C=CC=CC12.[Li+].[Li+]. The fourth-order valence-corrected chi connectivity index (χ4v) is 13.2. The zero-order valence-corrected chi connectivity index (χ0v) is 26.4. The van der Waals surface area contributed by atoms with E-state index in [0.29, 0.717) is 0 Å². The Morgan fingerprint density at radius 1 is 0.512 bits per heavy atom. The number of hydrogen-bond acceptors (Lipinski definition) is 0. The first-order valence-corrected chi connectivity index (χ1v) is 16.5. The van der Waals surface area contributed by atoms with Crippen molar-refractivity contribution in [2.24, 2.45) is 0 Å². The molecule has 8 rings (SSSR count). The molecule has 4 aromatic carbocycles. The van der Waals surface area contributed by atoms with Crippen LogP contribution in [0.25, 0.3) is 0 Å². The van der Waals surface area contributed by atoms with Gasteiger partial charge in [-0.05, 0) is 25.7 Å². The van der Waals surface area contributed by atoms with E-state index in [2.05, 4.69) is 160 Å². The first-order valence-electron chi connectivity index (χ1n) is 14.5. The Bertz CT molecular complexity index is 1760. The molecule has 2 atom stereocenters. The van der Waals surface area contributed by atoms with Crippen LogP contribution in [0, 0.1) is 26.0 Å². The third-order valence-corrected chi connectivity index (χ3v) is 14.5. The van der Waals surface area contributed by atoms with Crippen molar-refractivity contribution in [2.45, 2.75) is 25.7 Å². The molecule has 0 saturated carbocycles. The van der Waals surface area contributed by atoms with E-state index in [-0.39, 0.29) is 49.6 Å². The standard InChI is InChI=1S/C40H30Si.2Li/c1-27-21-23-35-33-19-11-9-13-29(33)25-37(35)39(27)41(31-15-5-3-6-16-31,32-17-7-4-8-18-32)40-28(2)22-24-36-34-20-12-10-14-30(34)26-38(36)40;;/h3-24,33-34H,1-2H3;;/q-2;2*+1. The summed E-state index contributed by atoms with van der Waals surface area (Å²) in [7, 11) is -2.88. The van der Waals surface area contributed by atoms with Gasteiger partial charge in [-0.3, -0.25) is 0 Å². The van der Waals surface area contributed by atoms with E-state index in [0.717, 1.165) is 0 Å². The third-order valence-electron chi connectivity index (χ3n) is 9.32. The van der Waals surface area contributed by atoms with Crippen LogP contribution in [0.5, 0.6) is 0 Å². The van der Waals surface area contributed by atoms with Gasteiger partial charge in [0.2, 0.25) is 0 Å². The summed E-state index contributed by atoms with van der Waals surface area (Å²) in [6.45, 7) is 4.63. The summed E-state index contributed by atoms with van der Waals surface area (Å²) < 4.78 is 0. The maximum Gasteiger partial charge on any atom is 1.00 e. The van der Waals surface area contributed by atoms with Crippen molar-refractivity contribution < 1.29 is 37.7 Å². The average molecular weight is 553 g/mol. The molecule has 4 aromatic rings. The Morgan fingerprint density at radius 2 is 0.930 bits per heavy atom. The summed E-state index contributed by atoms with van der Waals surface area (Å²) in [5, 5.41) is 5.72. The molecule has 0 amide bonds. The van der Waals surface area contributed by atoms with Gasteiger partial charge in [-0.1, -0.05) is 119 Å². The summed E-state index contributed by atoms with van der Waals surface area (Å²) in [5.41, 5.74) is 10.5. The summed E-state index contributed by atoms with van der Waals surface area (Å²) in [6, 6.07) is 32.1. The van der Waals surface area contributed by atoms with Crippen LogP contribution >= 0.6 is 0 Å². The first-order chi connectivity index (χ1) is 20.2. The molecule has 0 aromatic heterocycles. The Kier molecular flexibility index (Phi) is 8.09. The monoisotopic (exact) mass is 552 g/mol. The van der Waals surface area contributed by atoms with Crippen LogP contribution in [0.3, 0.4) is 0 Å². The fourth-order valence-electron chi connectivity index (χ4n) is 7.60. The zero-order chi connectivity index (χ0) is 27.6. The minimum absolute atomic E-state index is 0. The molecular weight excluding hydrogens is 522 g/mol. The van der Waals surface area contributed by atoms with Gasteiger partial charge < -0.3 is 0 Å². The van der Waals surface area contributed by atoms with E-state index in [1.165, 1.54) is 65.3 Å². The number of aryl methyl sites for hydroxylation is 2. The number of fused-ring (bicyclic) bond motifs is 6. The Morgan fingerprint density at radius 3 is 1.35 bits per heavy atom. The topological polar surface area (TPSA) is 0 Å². The van der Waals surface area contributed by atoms with Gasteiger partial charge in [-0.15, -0.1) is 92.4 Å². The van der Waals surface area contributed by atoms with Gasteiger partial charge in [0.05, 0.1) is 8.07 Å². The molecule has 196 valence electrons. The quantitative estimate of drug-likeness (QED) is 0.194. The van der Waals surface area contributed by atoms with Crippen LogP contribution in [0.15, 0.2) is 145 Å². The Labute approximate surface area is 280 Å². The second-order valence-electron chi connectivity index (χ2n) is 11.5.